The van der Waals surface area contributed by atoms with Gasteiger partial charge in [0.25, 0.3) is 0 Å². The highest BCUT2D eigenvalue weighted by molar-refractivity contribution is 6.88. The number of hydrogen-bond donors (Lipinski definition) is 0. The van der Waals surface area contributed by atoms with Crippen LogP contribution in [0.4, 0.5) is 0 Å². The first-order chi connectivity index (χ1) is 16.0. The predicted molar refractivity (Wildman–Crippen MR) is 161 cm³/mol. The van der Waals surface area contributed by atoms with Gasteiger partial charge in [0.15, 0.2) is 0 Å². The van der Waals surface area contributed by atoms with E-state index in [2.05, 4.69) is 116 Å². The molecule has 35 heavy (non-hydrogen) atoms. The lowest BCUT2D eigenvalue weighted by molar-refractivity contribution is 0.579. The van der Waals surface area contributed by atoms with Crippen molar-refractivity contribution in [2.75, 3.05) is 0 Å². The van der Waals surface area contributed by atoms with E-state index < -0.39 is 24.2 Å². The second kappa shape index (κ2) is 8.63. The topological polar surface area (TPSA) is 26.3 Å². The van der Waals surface area contributed by atoms with Crippen molar-refractivity contribution < 1.29 is 8.83 Å². The standard InChI is InChI=1S/C30H44O2Si3/c1-19-17-23(25-13-15-27(31-25)33(5,6)7)29(21(19)3)35(11,12)30-22(4)20(2)18-24(30)26-14-16-28(32-26)34(8,9)10/h13-18,29-30H,1-12H3. The lowest BCUT2D eigenvalue weighted by atomic mass is 10.1. The molecule has 2 aliphatic rings. The van der Waals surface area contributed by atoms with Crippen LogP contribution in [0.25, 0.3) is 11.1 Å². The highest BCUT2D eigenvalue weighted by atomic mass is 28.3. The van der Waals surface area contributed by atoms with E-state index in [9.17, 15) is 0 Å². The van der Waals surface area contributed by atoms with E-state index in [-0.39, 0.29) is 0 Å². The molecule has 0 N–H and O–H groups in total. The van der Waals surface area contributed by atoms with E-state index >= 15 is 0 Å². The number of allylic oxidation sites excluding steroid dienone is 8. The van der Waals surface area contributed by atoms with E-state index in [1.54, 1.807) is 0 Å². The van der Waals surface area contributed by atoms with E-state index in [0.29, 0.717) is 11.1 Å². The van der Waals surface area contributed by atoms with Gasteiger partial charge in [0.05, 0.1) is 18.8 Å². The summed E-state index contributed by atoms with van der Waals surface area (Å²) in [5.41, 5.74) is 9.45. The minimum absolute atomic E-state index is 0.420. The molecule has 0 bridgehead atoms. The van der Waals surface area contributed by atoms with Gasteiger partial charge in [-0.1, -0.05) is 86.8 Å². The molecule has 188 valence electrons. The Hall–Kier alpha value is -1.83. The maximum Gasteiger partial charge on any atom is 0.129 e. The summed E-state index contributed by atoms with van der Waals surface area (Å²) in [5, 5.41) is 2.38. The highest BCUT2D eigenvalue weighted by Crippen LogP contribution is 2.58. The molecule has 2 aromatic heterocycles. The third-order valence-electron chi connectivity index (χ3n) is 8.22. The van der Waals surface area contributed by atoms with Crippen LogP contribution in [-0.4, -0.2) is 24.2 Å². The van der Waals surface area contributed by atoms with Crippen molar-refractivity contribution in [3.63, 3.8) is 0 Å². The van der Waals surface area contributed by atoms with Gasteiger partial charge in [0.2, 0.25) is 0 Å². The maximum atomic E-state index is 6.57. The van der Waals surface area contributed by atoms with Crippen molar-refractivity contribution in [1.29, 1.82) is 0 Å². The fraction of sp³-hybridized carbons (Fsp3) is 0.467. The molecule has 2 atom stereocenters. The zero-order chi connectivity index (χ0) is 26.1. The molecule has 0 aromatic carbocycles. The molecule has 0 spiro atoms. The van der Waals surface area contributed by atoms with Gasteiger partial charge < -0.3 is 8.83 Å². The lowest BCUT2D eigenvalue weighted by Gasteiger charge is -2.40. The fourth-order valence-electron chi connectivity index (χ4n) is 6.09. The number of rotatable bonds is 6. The van der Waals surface area contributed by atoms with Crippen molar-refractivity contribution in [2.45, 2.75) is 91.2 Å². The molecular weight excluding hydrogens is 477 g/mol. The second-order valence-corrected chi connectivity index (χ2v) is 28.2. The average Bonchev–Trinajstić information content (AvgIpc) is 3.48. The van der Waals surface area contributed by atoms with Crippen molar-refractivity contribution in [1.82, 2.24) is 0 Å². The van der Waals surface area contributed by atoms with Gasteiger partial charge in [-0.3, -0.25) is 0 Å². The van der Waals surface area contributed by atoms with Crippen LogP contribution in [0.1, 0.15) is 39.2 Å². The molecule has 5 heteroatoms. The minimum Gasteiger partial charge on any atom is -0.467 e. The molecule has 2 unspecified atom stereocenters. The Labute approximate surface area is 215 Å². The van der Waals surface area contributed by atoms with Crippen LogP contribution < -0.4 is 10.8 Å². The number of furan rings is 2. The zero-order valence-electron chi connectivity index (χ0n) is 23.9. The summed E-state index contributed by atoms with van der Waals surface area (Å²) in [7, 11) is -4.96. The van der Waals surface area contributed by atoms with Crippen LogP contribution in [0.2, 0.25) is 63.5 Å². The Bertz CT molecular complexity index is 1180. The van der Waals surface area contributed by atoms with Crippen LogP contribution in [-0.2, 0) is 0 Å². The van der Waals surface area contributed by atoms with E-state index in [0.717, 1.165) is 11.5 Å². The van der Waals surface area contributed by atoms with Gasteiger partial charge in [0, 0.05) is 11.1 Å². The molecular formula is C30H44O2Si3. The Morgan fingerprint density at radius 1 is 0.543 bits per heavy atom. The van der Waals surface area contributed by atoms with Crippen LogP contribution in [0.15, 0.2) is 67.5 Å². The van der Waals surface area contributed by atoms with E-state index in [1.165, 1.54) is 44.2 Å². The van der Waals surface area contributed by atoms with E-state index in [1.807, 2.05) is 0 Å². The Balaban J connectivity index is 1.78. The van der Waals surface area contributed by atoms with E-state index in [4.69, 9.17) is 8.83 Å². The van der Waals surface area contributed by atoms with Crippen LogP contribution in [0.3, 0.4) is 0 Å². The van der Waals surface area contributed by atoms with Crippen molar-refractivity contribution >= 4 is 46.1 Å². The van der Waals surface area contributed by atoms with Gasteiger partial charge >= 0.3 is 0 Å². The third kappa shape index (κ3) is 4.56. The third-order valence-corrected chi connectivity index (χ3v) is 16.2. The van der Waals surface area contributed by atoms with Crippen molar-refractivity contribution in [3.8, 4) is 0 Å². The van der Waals surface area contributed by atoms with Gasteiger partial charge in [-0.15, -0.1) is 0 Å². The molecule has 0 aliphatic heterocycles. The maximum absolute atomic E-state index is 6.57. The Morgan fingerprint density at radius 2 is 0.886 bits per heavy atom. The highest BCUT2D eigenvalue weighted by Gasteiger charge is 2.49. The van der Waals surface area contributed by atoms with Crippen molar-refractivity contribution in [2.24, 2.45) is 0 Å². The number of hydrogen-bond acceptors (Lipinski definition) is 2. The average molecular weight is 521 g/mol. The molecule has 2 aliphatic carbocycles. The summed E-state index contributed by atoms with van der Waals surface area (Å²) >= 11 is 0. The first-order valence-corrected chi connectivity index (χ1v) is 23.2. The summed E-state index contributed by atoms with van der Waals surface area (Å²) < 4.78 is 13.1. The molecule has 2 heterocycles. The molecule has 0 saturated carbocycles. The monoisotopic (exact) mass is 520 g/mol. The fourth-order valence-corrected chi connectivity index (χ4v) is 13.2. The molecule has 2 aromatic rings. The normalized spacial score (nSPS) is 21.8. The smallest absolute Gasteiger partial charge is 0.129 e. The SMILES string of the molecule is CC1=C(C)C([Si](C)(C)C2C(c3ccc([Si](C)(C)C)o3)=CC(C)=C2C)C(c2ccc([Si](C)(C)C)o2)=C1. The van der Waals surface area contributed by atoms with Gasteiger partial charge in [0.1, 0.15) is 27.7 Å². The molecule has 0 saturated heterocycles. The van der Waals surface area contributed by atoms with Gasteiger partial charge in [-0.25, -0.2) is 0 Å². The van der Waals surface area contributed by atoms with Crippen molar-refractivity contribution in [3.05, 3.63) is 70.2 Å². The minimum atomic E-state index is -1.96. The summed E-state index contributed by atoms with van der Waals surface area (Å²) in [6.45, 7) is 28.5. The zero-order valence-corrected chi connectivity index (χ0v) is 26.9. The predicted octanol–water partition coefficient (Wildman–Crippen LogP) is 8.58. The largest absolute Gasteiger partial charge is 0.467 e. The summed E-state index contributed by atoms with van der Waals surface area (Å²) in [4.78, 5) is 0. The summed E-state index contributed by atoms with van der Waals surface area (Å²) in [5.74, 6) is 2.15. The van der Waals surface area contributed by atoms with Gasteiger partial charge in [-0.2, -0.15) is 0 Å². The summed E-state index contributed by atoms with van der Waals surface area (Å²) in [6, 6.07) is 8.92. The first-order valence-electron chi connectivity index (χ1n) is 13.0. The molecule has 0 radical (unpaired) electrons. The molecule has 2 nitrogen and oxygen atoms in total. The van der Waals surface area contributed by atoms with Crippen LogP contribution >= 0.6 is 0 Å². The van der Waals surface area contributed by atoms with Crippen LogP contribution in [0.5, 0.6) is 0 Å². The molecule has 0 amide bonds. The lowest BCUT2D eigenvalue weighted by Crippen LogP contribution is -2.39. The Kier molecular flexibility index (Phi) is 6.47. The Morgan fingerprint density at radius 3 is 1.17 bits per heavy atom. The van der Waals surface area contributed by atoms with Gasteiger partial charge in [-0.05, 0) is 63.1 Å². The quantitative estimate of drug-likeness (QED) is 0.356. The van der Waals surface area contributed by atoms with Crippen LogP contribution in [0, 0.1) is 0 Å². The molecule has 4 rings (SSSR count). The first kappa shape index (κ1) is 26.2. The summed E-state index contributed by atoms with van der Waals surface area (Å²) in [6.07, 6.45) is 4.81. The molecule has 0 fully saturated rings. The second-order valence-electron chi connectivity index (χ2n) is 13.4.